The number of hydrogen-bond donors (Lipinski definition) is 3. The lowest BCUT2D eigenvalue weighted by Gasteiger charge is -2.13. The minimum Gasteiger partial charge on any atom is -0.375 e. The molecule has 0 radical (unpaired) electrons. The van der Waals surface area contributed by atoms with E-state index in [2.05, 4.69) is 16.0 Å². The monoisotopic (exact) mass is 457 g/mol. The number of para-hydroxylation sites is 1. The Hall–Kier alpha value is -3.43. The van der Waals surface area contributed by atoms with Crippen LogP contribution in [0.25, 0.3) is 0 Å². The summed E-state index contributed by atoms with van der Waals surface area (Å²) in [5.74, 6) is -3.13. The summed E-state index contributed by atoms with van der Waals surface area (Å²) in [6.07, 6.45) is 0. The third-order valence-corrected chi connectivity index (χ3v) is 4.93. The second kappa shape index (κ2) is 11.3. The summed E-state index contributed by atoms with van der Waals surface area (Å²) in [4.78, 5) is 25.0. The second-order valence-corrected chi connectivity index (χ2v) is 7.65. The fraction of sp³-hybridized carbons (Fsp3) is 0.130. The van der Waals surface area contributed by atoms with Crippen molar-refractivity contribution in [3.8, 4) is 0 Å². The molecule has 0 aromatic heterocycles. The van der Waals surface area contributed by atoms with Crippen LogP contribution < -0.4 is 16.0 Å². The van der Waals surface area contributed by atoms with Crippen LogP contribution in [0, 0.1) is 0 Å². The fourth-order valence-corrected chi connectivity index (χ4v) is 3.37. The van der Waals surface area contributed by atoms with Crippen LogP contribution in [0.15, 0.2) is 77.7 Å². The highest BCUT2D eigenvalue weighted by Gasteiger charge is 2.13. The molecule has 3 aromatic carbocycles. The van der Waals surface area contributed by atoms with E-state index in [1.807, 2.05) is 0 Å². The van der Waals surface area contributed by atoms with Gasteiger partial charge in [-0.3, -0.25) is 9.59 Å². The molecule has 0 unspecified atom stereocenters. The Morgan fingerprint density at radius 3 is 2.28 bits per heavy atom. The Kier molecular flexibility index (Phi) is 8.18. The largest absolute Gasteiger partial charge is 0.375 e. The number of hydrogen-bond acceptors (Lipinski definition) is 5. The zero-order chi connectivity index (χ0) is 22.9. The molecule has 0 spiro atoms. The lowest BCUT2D eigenvalue weighted by Crippen LogP contribution is -2.17. The first-order valence-corrected chi connectivity index (χ1v) is 10.4. The van der Waals surface area contributed by atoms with Crippen molar-refractivity contribution in [3.05, 3.63) is 78.4 Å². The number of halogens is 2. The van der Waals surface area contributed by atoms with Crippen LogP contribution >= 0.6 is 11.8 Å². The molecule has 0 saturated carbocycles. The smallest absolute Gasteiger partial charge is 0.288 e. The molecule has 3 aromatic rings. The van der Waals surface area contributed by atoms with Gasteiger partial charge in [0.25, 0.3) is 11.7 Å². The van der Waals surface area contributed by atoms with E-state index in [-0.39, 0.29) is 18.4 Å². The van der Waals surface area contributed by atoms with Gasteiger partial charge in [-0.1, -0.05) is 30.0 Å². The molecule has 0 bridgehead atoms. The normalized spacial score (nSPS) is 10.6. The van der Waals surface area contributed by atoms with Gasteiger partial charge in [-0.05, 0) is 54.6 Å². The van der Waals surface area contributed by atoms with E-state index in [9.17, 15) is 18.4 Å². The number of methoxy groups -OCH3 is 1. The van der Waals surface area contributed by atoms with Crippen molar-refractivity contribution in [2.75, 3.05) is 29.7 Å². The molecule has 32 heavy (non-hydrogen) atoms. The van der Waals surface area contributed by atoms with Gasteiger partial charge < -0.3 is 20.7 Å². The molecular weight excluding hydrogens is 436 g/mol. The van der Waals surface area contributed by atoms with E-state index in [1.54, 1.807) is 72.8 Å². The van der Waals surface area contributed by atoms with Gasteiger partial charge in [0.2, 0.25) is 5.91 Å². The quantitative estimate of drug-likeness (QED) is 0.366. The Morgan fingerprint density at radius 2 is 1.59 bits per heavy atom. The number of thioether (sulfide) groups is 1. The van der Waals surface area contributed by atoms with Crippen molar-refractivity contribution in [1.82, 2.24) is 0 Å². The highest BCUT2D eigenvalue weighted by Crippen LogP contribution is 2.28. The molecule has 3 rings (SSSR count). The van der Waals surface area contributed by atoms with Crippen LogP contribution in [-0.2, 0) is 9.53 Å². The van der Waals surface area contributed by atoms with E-state index in [0.717, 1.165) is 0 Å². The summed E-state index contributed by atoms with van der Waals surface area (Å²) >= 11 is 0.472. The molecule has 6 nitrogen and oxygen atoms in total. The minimum atomic E-state index is -2.48. The Morgan fingerprint density at radius 1 is 0.906 bits per heavy atom. The van der Waals surface area contributed by atoms with Crippen LogP contribution in [0.2, 0.25) is 0 Å². The molecule has 0 aliphatic carbocycles. The van der Waals surface area contributed by atoms with Crippen molar-refractivity contribution in [2.24, 2.45) is 0 Å². The predicted octanol–water partition coefficient (Wildman–Crippen LogP) is 5.58. The zero-order valence-electron chi connectivity index (χ0n) is 17.1. The molecule has 0 atom stereocenters. The first-order valence-electron chi connectivity index (χ1n) is 9.56. The summed E-state index contributed by atoms with van der Waals surface area (Å²) < 4.78 is 29.8. The number of benzene rings is 3. The van der Waals surface area contributed by atoms with Gasteiger partial charge in [0, 0.05) is 29.1 Å². The predicted molar refractivity (Wildman–Crippen MR) is 123 cm³/mol. The molecular formula is C23H21F2N3O3S. The van der Waals surface area contributed by atoms with Gasteiger partial charge in [0.05, 0.1) is 11.3 Å². The molecule has 0 saturated heterocycles. The summed E-state index contributed by atoms with van der Waals surface area (Å²) in [5, 5.41) is 8.64. The lowest BCUT2D eigenvalue weighted by molar-refractivity contribution is -0.119. The van der Waals surface area contributed by atoms with Gasteiger partial charge in [-0.2, -0.15) is 8.78 Å². The molecule has 0 heterocycles. The van der Waals surface area contributed by atoms with E-state index in [0.29, 0.717) is 45.0 Å². The maximum Gasteiger partial charge on any atom is 0.288 e. The van der Waals surface area contributed by atoms with Crippen LogP contribution in [0.4, 0.5) is 31.5 Å². The van der Waals surface area contributed by atoms with E-state index in [1.165, 1.54) is 7.11 Å². The van der Waals surface area contributed by atoms with Gasteiger partial charge in [-0.15, -0.1) is 0 Å². The van der Waals surface area contributed by atoms with Crippen molar-refractivity contribution in [1.29, 1.82) is 0 Å². The van der Waals surface area contributed by atoms with E-state index < -0.39 is 5.76 Å². The second-order valence-electron chi connectivity index (χ2n) is 6.59. The molecule has 0 aliphatic heterocycles. The minimum absolute atomic E-state index is 0.0720. The molecule has 2 amide bonds. The zero-order valence-corrected chi connectivity index (χ0v) is 17.9. The summed E-state index contributed by atoms with van der Waals surface area (Å²) in [6.45, 7) is -0.0720. The van der Waals surface area contributed by atoms with Crippen LogP contribution in [0.3, 0.4) is 0 Å². The number of carbonyl (C=O) groups is 2. The summed E-state index contributed by atoms with van der Waals surface area (Å²) in [6, 6.07) is 20.2. The van der Waals surface area contributed by atoms with Gasteiger partial charge in [-0.25, -0.2) is 0 Å². The number of alkyl halides is 2. The number of rotatable bonds is 9. The summed E-state index contributed by atoms with van der Waals surface area (Å²) in [5.41, 5.74) is 2.65. The van der Waals surface area contributed by atoms with Crippen LogP contribution in [0.5, 0.6) is 0 Å². The van der Waals surface area contributed by atoms with Crippen LogP contribution in [0.1, 0.15) is 10.4 Å². The topological polar surface area (TPSA) is 79.5 Å². The number of ether oxygens (including phenoxy) is 1. The van der Waals surface area contributed by atoms with Crippen molar-refractivity contribution in [2.45, 2.75) is 10.7 Å². The Balaban J connectivity index is 1.71. The Bertz CT molecular complexity index is 1080. The van der Waals surface area contributed by atoms with Crippen molar-refractivity contribution >= 4 is 46.3 Å². The van der Waals surface area contributed by atoms with Gasteiger partial charge in [0.1, 0.15) is 6.61 Å². The third kappa shape index (κ3) is 6.79. The number of amides is 2. The highest BCUT2D eigenvalue weighted by molar-refractivity contribution is 7.99. The molecule has 166 valence electrons. The number of carbonyl (C=O) groups excluding carboxylic acids is 2. The third-order valence-electron chi connectivity index (χ3n) is 4.21. The molecule has 0 aliphatic rings. The first kappa shape index (κ1) is 23.2. The molecule has 0 fully saturated rings. The first-order chi connectivity index (χ1) is 15.4. The van der Waals surface area contributed by atoms with Crippen molar-refractivity contribution < 1.29 is 23.1 Å². The van der Waals surface area contributed by atoms with E-state index in [4.69, 9.17) is 4.74 Å². The maximum atomic E-state index is 12.9. The number of nitrogens with one attached hydrogen (secondary N) is 3. The maximum absolute atomic E-state index is 12.9. The Labute approximate surface area is 188 Å². The lowest BCUT2D eigenvalue weighted by atomic mass is 10.1. The van der Waals surface area contributed by atoms with Crippen molar-refractivity contribution in [3.63, 3.8) is 0 Å². The van der Waals surface area contributed by atoms with Gasteiger partial charge in [0.15, 0.2) is 0 Å². The van der Waals surface area contributed by atoms with E-state index >= 15 is 0 Å². The standard InChI is InChI=1S/C23H21F2N3O3S/c1-31-14-21(29)27-16-5-4-6-17(13-16)28-22(30)19-7-2-3-8-20(19)26-15-9-11-18(12-10-15)32-23(24)25/h2-13,23,26H,14H2,1H3,(H,27,29)(H,28,30). The SMILES string of the molecule is COCC(=O)Nc1cccc(NC(=O)c2ccccc2Nc2ccc(SC(F)F)cc2)c1. The molecule has 3 N–H and O–H groups in total. The fourth-order valence-electron chi connectivity index (χ4n) is 2.87. The van der Waals surface area contributed by atoms with Gasteiger partial charge >= 0.3 is 0 Å². The average Bonchev–Trinajstić information content (AvgIpc) is 2.75. The molecule has 9 heteroatoms. The highest BCUT2D eigenvalue weighted by atomic mass is 32.2. The summed E-state index contributed by atoms with van der Waals surface area (Å²) in [7, 11) is 1.43. The number of anilines is 4. The average molecular weight is 458 g/mol. The van der Waals surface area contributed by atoms with Crippen LogP contribution in [-0.4, -0.2) is 31.3 Å².